The molecular formula is C9H7ClF3NO2. The molecule has 0 saturated carbocycles. The minimum atomic E-state index is -3.03. The van der Waals surface area contributed by atoms with Gasteiger partial charge < -0.3 is 5.11 Å². The zero-order valence-electron chi connectivity index (χ0n) is 7.88. The van der Waals surface area contributed by atoms with Gasteiger partial charge in [-0.05, 0) is 6.07 Å². The molecule has 0 aliphatic rings. The van der Waals surface area contributed by atoms with Crippen LogP contribution in [-0.4, -0.2) is 16.1 Å². The predicted molar refractivity (Wildman–Crippen MR) is 50.0 cm³/mol. The van der Waals surface area contributed by atoms with Crippen LogP contribution in [0.25, 0.3) is 0 Å². The molecule has 0 spiro atoms. The molecule has 0 aliphatic carbocycles. The van der Waals surface area contributed by atoms with Crippen LogP contribution in [0.5, 0.6) is 0 Å². The first-order chi connectivity index (χ1) is 7.45. The van der Waals surface area contributed by atoms with Gasteiger partial charge in [0.1, 0.15) is 0 Å². The van der Waals surface area contributed by atoms with E-state index >= 15 is 0 Å². The van der Waals surface area contributed by atoms with Gasteiger partial charge in [0, 0.05) is 0 Å². The lowest BCUT2D eigenvalue weighted by Gasteiger charge is -2.07. The molecule has 0 atom stereocenters. The van der Waals surface area contributed by atoms with E-state index in [1.54, 1.807) is 0 Å². The fraction of sp³-hybridized carbons (Fsp3) is 0.333. The molecule has 1 heterocycles. The highest BCUT2D eigenvalue weighted by Crippen LogP contribution is 2.25. The SMILES string of the molecule is O=C(O)Cc1nc(CCl)cc(C(F)F)c1F. The number of pyridine rings is 1. The number of aliphatic carboxylic acids is 1. The second-order valence-electron chi connectivity index (χ2n) is 2.97. The third kappa shape index (κ3) is 2.85. The number of hydrogen-bond acceptors (Lipinski definition) is 2. The number of rotatable bonds is 4. The van der Waals surface area contributed by atoms with Gasteiger partial charge in [-0.3, -0.25) is 9.78 Å². The smallest absolute Gasteiger partial charge is 0.309 e. The van der Waals surface area contributed by atoms with Crippen molar-refractivity contribution < 1.29 is 23.1 Å². The van der Waals surface area contributed by atoms with Crippen LogP contribution >= 0.6 is 11.6 Å². The lowest BCUT2D eigenvalue weighted by molar-refractivity contribution is -0.136. The minimum absolute atomic E-state index is 0.0228. The molecule has 0 aromatic carbocycles. The van der Waals surface area contributed by atoms with Crippen LogP contribution in [0, 0.1) is 5.82 Å². The van der Waals surface area contributed by atoms with Crippen molar-refractivity contribution in [1.29, 1.82) is 0 Å². The van der Waals surface area contributed by atoms with Gasteiger partial charge in [-0.25, -0.2) is 13.2 Å². The van der Waals surface area contributed by atoms with E-state index in [1.165, 1.54) is 0 Å². The van der Waals surface area contributed by atoms with Crippen LogP contribution in [0.15, 0.2) is 6.07 Å². The maximum absolute atomic E-state index is 13.4. The third-order valence-corrected chi connectivity index (χ3v) is 2.07. The molecule has 0 saturated heterocycles. The van der Waals surface area contributed by atoms with Gasteiger partial charge in [-0.15, -0.1) is 11.6 Å². The van der Waals surface area contributed by atoms with E-state index in [0.717, 1.165) is 6.07 Å². The Hall–Kier alpha value is -1.30. The molecule has 0 unspecified atom stereocenters. The molecule has 1 aromatic heterocycles. The monoisotopic (exact) mass is 253 g/mol. The molecule has 3 nitrogen and oxygen atoms in total. The van der Waals surface area contributed by atoms with E-state index < -0.39 is 35.9 Å². The zero-order valence-corrected chi connectivity index (χ0v) is 8.64. The van der Waals surface area contributed by atoms with Crippen molar-refractivity contribution in [2.45, 2.75) is 18.7 Å². The predicted octanol–water partition coefficient (Wildman–Crippen LogP) is 2.52. The van der Waals surface area contributed by atoms with Crippen LogP contribution < -0.4 is 0 Å². The summed E-state index contributed by atoms with van der Waals surface area (Å²) in [6.45, 7) is 0. The normalized spacial score (nSPS) is 10.8. The topological polar surface area (TPSA) is 50.2 Å². The van der Waals surface area contributed by atoms with Crippen molar-refractivity contribution in [3.05, 3.63) is 28.8 Å². The number of carboxylic acids is 1. The fourth-order valence-electron chi connectivity index (χ4n) is 1.15. The molecule has 0 radical (unpaired) electrons. The Morgan fingerprint density at radius 2 is 2.19 bits per heavy atom. The van der Waals surface area contributed by atoms with Crippen molar-refractivity contribution in [1.82, 2.24) is 4.98 Å². The van der Waals surface area contributed by atoms with Gasteiger partial charge in [-0.1, -0.05) is 0 Å². The van der Waals surface area contributed by atoms with Gasteiger partial charge in [-0.2, -0.15) is 0 Å². The van der Waals surface area contributed by atoms with E-state index in [9.17, 15) is 18.0 Å². The van der Waals surface area contributed by atoms with E-state index in [4.69, 9.17) is 16.7 Å². The molecule has 0 fully saturated rings. The van der Waals surface area contributed by atoms with Crippen LogP contribution in [0.4, 0.5) is 13.2 Å². The van der Waals surface area contributed by atoms with Crippen LogP contribution in [0.2, 0.25) is 0 Å². The second-order valence-corrected chi connectivity index (χ2v) is 3.24. The number of nitrogens with zero attached hydrogens (tertiary/aromatic N) is 1. The van der Waals surface area contributed by atoms with E-state index in [1.807, 2.05) is 0 Å². The molecule has 0 aliphatic heterocycles. The Morgan fingerprint density at radius 1 is 1.56 bits per heavy atom. The highest BCUT2D eigenvalue weighted by molar-refractivity contribution is 6.16. The molecule has 1 N–H and O–H groups in total. The van der Waals surface area contributed by atoms with Crippen molar-refractivity contribution in [2.24, 2.45) is 0 Å². The number of halogens is 4. The van der Waals surface area contributed by atoms with E-state index in [2.05, 4.69) is 4.98 Å². The summed E-state index contributed by atoms with van der Waals surface area (Å²) < 4.78 is 38.2. The summed E-state index contributed by atoms with van der Waals surface area (Å²) in [5.41, 5.74) is -1.38. The maximum atomic E-state index is 13.4. The van der Waals surface area contributed by atoms with E-state index in [-0.39, 0.29) is 11.6 Å². The van der Waals surface area contributed by atoms with Crippen LogP contribution in [-0.2, 0) is 17.1 Å². The van der Waals surface area contributed by atoms with Gasteiger partial charge in [0.25, 0.3) is 6.43 Å². The highest BCUT2D eigenvalue weighted by atomic mass is 35.5. The lowest BCUT2D eigenvalue weighted by Crippen LogP contribution is -2.09. The number of hydrogen-bond donors (Lipinski definition) is 1. The highest BCUT2D eigenvalue weighted by Gasteiger charge is 2.20. The van der Waals surface area contributed by atoms with Crippen molar-refractivity contribution >= 4 is 17.6 Å². The van der Waals surface area contributed by atoms with Gasteiger partial charge in [0.15, 0.2) is 5.82 Å². The van der Waals surface area contributed by atoms with Crippen LogP contribution in [0.1, 0.15) is 23.4 Å². The number of carboxylic acid groups (broad SMARTS) is 1. The van der Waals surface area contributed by atoms with E-state index in [0.29, 0.717) is 0 Å². The second kappa shape index (κ2) is 5.16. The third-order valence-electron chi connectivity index (χ3n) is 1.80. The van der Waals surface area contributed by atoms with Crippen molar-refractivity contribution in [2.75, 3.05) is 0 Å². The lowest BCUT2D eigenvalue weighted by atomic mass is 10.1. The summed E-state index contributed by atoms with van der Waals surface area (Å²) in [6, 6.07) is 0.832. The summed E-state index contributed by atoms with van der Waals surface area (Å²) >= 11 is 5.39. The average molecular weight is 254 g/mol. The Balaban J connectivity index is 3.25. The summed E-state index contributed by atoms with van der Waals surface area (Å²) in [7, 11) is 0. The largest absolute Gasteiger partial charge is 0.481 e. The summed E-state index contributed by atoms with van der Waals surface area (Å²) in [4.78, 5) is 13.9. The van der Waals surface area contributed by atoms with Gasteiger partial charge >= 0.3 is 5.97 Å². The summed E-state index contributed by atoms with van der Waals surface area (Å²) in [5.74, 6) is -2.82. The first kappa shape index (κ1) is 12.8. The Labute approximate surface area is 93.9 Å². The molecule has 7 heteroatoms. The molecule has 16 heavy (non-hydrogen) atoms. The number of alkyl halides is 3. The van der Waals surface area contributed by atoms with Gasteiger partial charge in [0.05, 0.1) is 29.3 Å². The van der Waals surface area contributed by atoms with Crippen molar-refractivity contribution in [3.63, 3.8) is 0 Å². The minimum Gasteiger partial charge on any atom is -0.481 e. The first-order valence-corrected chi connectivity index (χ1v) is 4.73. The first-order valence-electron chi connectivity index (χ1n) is 4.19. The molecule has 1 rings (SSSR count). The molecule has 0 amide bonds. The van der Waals surface area contributed by atoms with Crippen LogP contribution in [0.3, 0.4) is 0 Å². The maximum Gasteiger partial charge on any atom is 0.309 e. The van der Waals surface area contributed by atoms with Gasteiger partial charge in [0.2, 0.25) is 0 Å². The molecule has 88 valence electrons. The fourth-order valence-corrected chi connectivity index (χ4v) is 1.29. The average Bonchev–Trinajstić information content (AvgIpc) is 2.19. The molecular weight excluding hydrogens is 247 g/mol. The molecule has 0 bridgehead atoms. The summed E-state index contributed by atoms with van der Waals surface area (Å²) in [5, 5.41) is 8.46. The quantitative estimate of drug-likeness (QED) is 0.839. The Bertz CT molecular complexity index is 412. The summed E-state index contributed by atoms with van der Waals surface area (Å²) in [6.07, 6.45) is -3.78. The standard InChI is InChI=1S/C9H7ClF3NO2/c10-3-4-1-5(9(12)13)8(11)6(14-4)2-7(15)16/h1,9H,2-3H2,(H,15,16). The molecule has 1 aromatic rings. The van der Waals surface area contributed by atoms with Crippen molar-refractivity contribution in [3.8, 4) is 0 Å². The number of aromatic nitrogens is 1. The Kier molecular flexibility index (Phi) is 4.12. The Morgan fingerprint density at radius 3 is 2.62 bits per heavy atom. The zero-order chi connectivity index (χ0) is 12.3. The number of carbonyl (C=O) groups is 1.